The Morgan fingerprint density at radius 2 is 1.81 bits per heavy atom. The maximum absolute atomic E-state index is 11.4. The molecule has 0 fully saturated rings. The van der Waals surface area contributed by atoms with Crippen LogP contribution in [-0.2, 0) is 9.53 Å². The van der Waals surface area contributed by atoms with E-state index in [4.69, 9.17) is 40.1 Å². The minimum Gasteiger partial charge on any atom is -0.463 e. The van der Waals surface area contributed by atoms with Gasteiger partial charge in [-0.1, -0.05) is 0 Å². The topological polar surface area (TPSA) is 62.4 Å². The van der Waals surface area contributed by atoms with Gasteiger partial charge in [-0.25, -0.2) is 14.5 Å². The Kier molecular flexibility index (Phi) is 11.9. The van der Waals surface area contributed by atoms with Gasteiger partial charge in [-0.05, 0) is 54.6 Å². The van der Waals surface area contributed by atoms with Crippen LogP contribution in [-0.4, -0.2) is 31.7 Å². The van der Waals surface area contributed by atoms with E-state index in [0.717, 1.165) is 12.8 Å². The lowest BCUT2D eigenvalue weighted by molar-refractivity contribution is -0.145. The second-order valence-electron chi connectivity index (χ2n) is 3.09. The minimum atomic E-state index is -0.493. The van der Waals surface area contributed by atoms with E-state index in [1.807, 2.05) is 0 Å². The zero-order valence-electron chi connectivity index (χ0n) is 8.77. The molecule has 16 heavy (non-hydrogen) atoms. The molecule has 0 heterocycles. The smallest absolute Gasteiger partial charge is 0.324 e. The third kappa shape index (κ3) is 8.38. The lowest BCUT2D eigenvalue weighted by Gasteiger charge is -2.13. The van der Waals surface area contributed by atoms with Crippen LogP contribution in [0.15, 0.2) is 0 Å². The normalized spacial score (nSPS) is 12.4. The second-order valence-corrected chi connectivity index (χ2v) is 3.84. The van der Waals surface area contributed by atoms with Crippen LogP contribution in [0, 0.1) is 0 Å². The van der Waals surface area contributed by atoms with E-state index in [2.05, 4.69) is 14.5 Å². The summed E-state index contributed by atoms with van der Waals surface area (Å²) in [5.41, 5.74) is 0. The fourth-order valence-corrected chi connectivity index (χ4v) is 1.46. The van der Waals surface area contributed by atoms with E-state index in [1.165, 1.54) is 0 Å². The fraction of sp³-hybridized carbons (Fsp3) is 0.875. The summed E-state index contributed by atoms with van der Waals surface area (Å²) >= 11 is 16.0. The predicted octanol–water partition coefficient (Wildman–Crippen LogP) is 1.30. The highest BCUT2D eigenvalue weighted by Gasteiger charge is 2.17. The number of halogens is 3. The van der Waals surface area contributed by atoms with Gasteiger partial charge < -0.3 is 4.74 Å². The maximum Gasteiger partial charge on any atom is 0.324 e. The molecule has 8 heteroatoms. The Morgan fingerprint density at radius 1 is 1.12 bits per heavy atom. The zero-order valence-corrected chi connectivity index (χ0v) is 11.0. The number of carbonyl (C=O) groups is 1. The number of unbranched alkanes of at least 4 members (excludes halogenated alkanes) is 1. The molecule has 0 amide bonds. The van der Waals surface area contributed by atoms with Crippen LogP contribution in [0.3, 0.4) is 0 Å². The standard InChI is InChI=1S/C8H16Cl3N3O2/c9-12-4-2-1-3-7(14-11)8(15)16-6-5-13-10/h7,12-14H,1-6H2/t7-/m0/s1. The molecule has 0 rings (SSSR count). The Balaban J connectivity index is 3.65. The van der Waals surface area contributed by atoms with E-state index < -0.39 is 6.04 Å². The van der Waals surface area contributed by atoms with E-state index in [0.29, 0.717) is 19.5 Å². The van der Waals surface area contributed by atoms with Gasteiger partial charge in [0.2, 0.25) is 0 Å². The molecule has 0 unspecified atom stereocenters. The number of rotatable bonds is 10. The summed E-state index contributed by atoms with van der Waals surface area (Å²) in [6, 6.07) is -0.493. The van der Waals surface area contributed by atoms with Crippen LogP contribution >= 0.6 is 35.3 Å². The van der Waals surface area contributed by atoms with Gasteiger partial charge in [-0.15, -0.1) is 0 Å². The van der Waals surface area contributed by atoms with Crippen molar-refractivity contribution in [1.29, 1.82) is 0 Å². The SMILES string of the molecule is O=C(OCCNCl)[C@H](CCCCNCl)NCl. The minimum absolute atomic E-state index is 0.223. The van der Waals surface area contributed by atoms with Gasteiger partial charge in [0.15, 0.2) is 0 Å². The fourth-order valence-electron chi connectivity index (χ4n) is 1.05. The molecule has 0 saturated carbocycles. The number of carbonyl (C=O) groups excluding carboxylic acids is 1. The van der Waals surface area contributed by atoms with Crippen molar-refractivity contribution in [3.63, 3.8) is 0 Å². The van der Waals surface area contributed by atoms with Crippen LogP contribution in [0.1, 0.15) is 19.3 Å². The van der Waals surface area contributed by atoms with E-state index in [-0.39, 0.29) is 12.6 Å². The van der Waals surface area contributed by atoms with E-state index >= 15 is 0 Å². The monoisotopic (exact) mass is 291 g/mol. The molecule has 0 aliphatic carbocycles. The van der Waals surface area contributed by atoms with Gasteiger partial charge in [0, 0.05) is 13.1 Å². The average molecular weight is 293 g/mol. The first-order valence-corrected chi connectivity index (χ1v) is 6.09. The third-order valence-corrected chi connectivity index (χ3v) is 2.51. The van der Waals surface area contributed by atoms with Crippen molar-refractivity contribution in [1.82, 2.24) is 14.5 Å². The summed E-state index contributed by atoms with van der Waals surface area (Å²) in [5.74, 6) is -0.374. The molecule has 96 valence electrons. The first-order valence-electron chi connectivity index (χ1n) is 4.96. The lowest BCUT2D eigenvalue weighted by Crippen LogP contribution is -2.33. The molecule has 0 aliphatic heterocycles. The van der Waals surface area contributed by atoms with Crippen LogP contribution < -0.4 is 14.5 Å². The van der Waals surface area contributed by atoms with Crippen molar-refractivity contribution in [3.05, 3.63) is 0 Å². The van der Waals surface area contributed by atoms with Crippen molar-refractivity contribution in [3.8, 4) is 0 Å². The molecule has 0 spiro atoms. The Bertz CT molecular complexity index is 186. The van der Waals surface area contributed by atoms with Crippen LogP contribution in [0.25, 0.3) is 0 Å². The number of hydrogen-bond acceptors (Lipinski definition) is 5. The van der Waals surface area contributed by atoms with Crippen molar-refractivity contribution >= 4 is 41.3 Å². The molecular formula is C8H16Cl3N3O2. The molecule has 0 radical (unpaired) electrons. The van der Waals surface area contributed by atoms with Crippen LogP contribution in [0.2, 0.25) is 0 Å². The number of nitrogens with one attached hydrogen (secondary N) is 3. The van der Waals surface area contributed by atoms with E-state index in [9.17, 15) is 4.79 Å². The number of ether oxygens (including phenoxy) is 1. The van der Waals surface area contributed by atoms with Crippen molar-refractivity contribution in [2.24, 2.45) is 0 Å². The second kappa shape index (κ2) is 11.7. The highest BCUT2D eigenvalue weighted by atomic mass is 35.5. The molecule has 0 bridgehead atoms. The van der Waals surface area contributed by atoms with Gasteiger partial charge in [0.1, 0.15) is 12.6 Å². The maximum atomic E-state index is 11.4. The van der Waals surface area contributed by atoms with Crippen LogP contribution in [0.4, 0.5) is 0 Å². The Labute approximate surface area is 110 Å². The summed E-state index contributed by atoms with van der Waals surface area (Å²) in [6.07, 6.45) is 2.30. The van der Waals surface area contributed by atoms with Gasteiger partial charge in [-0.3, -0.25) is 4.79 Å². The van der Waals surface area contributed by atoms with Crippen molar-refractivity contribution in [2.75, 3.05) is 19.7 Å². The predicted molar refractivity (Wildman–Crippen MR) is 65.3 cm³/mol. The first kappa shape index (κ1) is 16.2. The summed E-state index contributed by atoms with van der Waals surface area (Å²) in [7, 11) is 0. The quantitative estimate of drug-likeness (QED) is 0.322. The summed E-state index contributed by atoms with van der Waals surface area (Å²) < 4.78 is 4.92. The summed E-state index contributed by atoms with van der Waals surface area (Å²) in [6.45, 7) is 1.32. The number of hydrogen-bond donors (Lipinski definition) is 3. The highest BCUT2D eigenvalue weighted by Crippen LogP contribution is 2.03. The number of esters is 1. The van der Waals surface area contributed by atoms with Crippen LogP contribution in [0.5, 0.6) is 0 Å². The van der Waals surface area contributed by atoms with Gasteiger partial charge in [-0.2, -0.15) is 0 Å². The molecule has 0 aromatic rings. The third-order valence-electron chi connectivity index (χ3n) is 1.87. The first-order chi connectivity index (χ1) is 7.76. The van der Waals surface area contributed by atoms with E-state index in [1.54, 1.807) is 0 Å². The summed E-state index contributed by atoms with van der Waals surface area (Å²) in [4.78, 5) is 18.7. The largest absolute Gasteiger partial charge is 0.463 e. The van der Waals surface area contributed by atoms with Crippen molar-refractivity contribution in [2.45, 2.75) is 25.3 Å². The average Bonchev–Trinajstić information content (AvgIpc) is 2.29. The molecule has 0 aliphatic rings. The van der Waals surface area contributed by atoms with Gasteiger partial charge in [0.05, 0.1) is 0 Å². The lowest BCUT2D eigenvalue weighted by atomic mass is 10.1. The molecule has 0 aromatic carbocycles. The zero-order chi connectivity index (χ0) is 12.2. The summed E-state index contributed by atoms with van der Waals surface area (Å²) in [5, 5.41) is 0. The molecule has 3 N–H and O–H groups in total. The van der Waals surface area contributed by atoms with Crippen molar-refractivity contribution < 1.29 is 9.53 Å². The van der Waals surface area contributed by atoms with Gasteiger partial charge >= 0.3 is 5.97 Å². The molecule has 5 nitrogen and oxygen atoms in total. The molecule has 0 aromatic heterocycles. The Hall–Kier alpha value is 0.220. The Morgan fingerprint density at radius 3 is 2.38 bits per heavy atom. The molecule has 1 atom stereocenters. The highest BCUT2D eigenvalue weighted by molar-refractivity contribution is 6.14. The van der Waals surface area contributed by atoms with Gasteiger partial charge in [0.25, 0.3) is 0 Å². The molecule has 0 saturated heterocycles. The molecular weight excluding hydrogens is 276 g/mol.